The number of likely N-dealkylation sites (N-methyl/N-ethyl adjacent to an activating group) is 1. The van der Waals surface area contributed by atoms with Gasteiger partial charge in [0.15, 0.2) is 0 Å². The van der Waals surface area contributed by atoms with Crippen molar-refractivity contribution in [3.8, 4) is 0 Å². The fourth-order valence-electron chi connectivity index (χ4n) is 8.40. The van der Waals surface area contributed by atoms with E-state index in [0.717, 1.165) is 83.5 Å². The highest BCUT2D eigenvalue weighted by atomic mass is 31.2. The van der Waals surface area contributed by atoms with E-state index < -0.39 is 20.0 Å². The predicted octanol–water partition coefficient (Wildman–Crippen LogP) is 17.9. The van der Waals surface area contributed by atoms with Crippen LogP contribution in [0.3, 0.4) is 0 Å². The van der Waals surface area contributed by atoms with Crippen molar-refractivity contribution in [2.45, 2.75) is 270 Å². The minimum Gasteiger partial charge on any atom is -0.391 e. The molecule has 0 spiro atoms. The third-order valence-corrected chi connectivity index (χ3v) is 14.0. The summed E-state index contributed by atoms with van der Waals surface area (Å²) in [6, 6.07) is -0.770. The molecule has 0 saturated carbocycles. The van der Waals surface area contributed by atoms with E-state index in [1.54, 1.807) is 0 Å². The van der Waals surface area contributed by atoms with E-state index in [2.05, 4.69) is 92.1 Å². The Kier molecular flexibility index (Phi) is 50.3. The van der Waals surface area contributed by atoms with Crippen molar-refractivity contribution in [3.63, 3.8) is 0 Å². The fraction of sp³-hybridized carbons (Fsp3) is 0.787. The quantitative estimate of drug-likeness (QED) is 0.0243. The first-order chi connectivity index (χ1) is 34.0. The summed E-state index contributed by atoms with van der Waals surface area (Å²) in [4.78, 5) is 23.4. The predicted molar refractivity (Wildman–Crippen MR) is 304 cm³/mol. The summed E-state index contributed by atoms with van der Waals surface area (Å²) in [7, 11) is 1.61. The maximum atomic E-state index is 13.0. The molecule has 0 aliphatic rings. The maximum Gasteiger partial charge on any atom is 0.472 e. The van der Waals surface area contributed by atoms with E-state index >= 15 is 0 Å². The number of quaternary nitrogens is 1. The number of phosphoric acid groups is 1. The number of carbonyl (C=O) groups is 1. The average molecular weight is 1000 g/mol. The van der Waals surface area contributed by atoms with Crippen LogP contribution in [0.1, 0.15) is 258 Å². The summed E-state index contributed by atoms with van der Waals surface area (Å²) in [5.41, 5.74) is 0. The molecule has 0 radical (unpaired) electrons. The zero-order chi connectivity index (χ0) is 51.3. The van der Waals surface area contributed by atoms with Gasteiger partial charge in [-0.1, -0.05) is 260 Å². The molecule has 408 valence electrons. The molecule has 0 bridgehead atoms. The van der Waals surface area contributed by atoms with E-state index in [9.17, 15) is 19.4 Å². The number of phosphoric ester groups is 1. The number of amides is 1. The van der Waals surface area contributed by atoms with Gasteiger partial charge < -0.3 is 19.8 Å². The summed E-state index contributed by atoms with van der Waals surface area (Å²) in [5, 5.41) is 14.1. The average Bonchev–Trinajstić information content (AvgIpc) is 3.32. The lowest BCUT2D eigenvalue weighted by Gasteiger charge is -2.26. The molecular formula is C61H114N2O6P+. The second-order valence-electron chi connectivity index (χ2n) is 21.0. The Morgan fingerprint density at radius 3 is 1.26 bits per heavy atom. The molecule has 70 heavy (non-hydrogen) atoms. The zero-order valence-corrected chi connectivity index (χ0v) is 47.4. The topological polar surface area (TPSA) is 105 Å². The molecule has 3 unspecified atom stereocenters. The molecule has 0 aliphatic heterocycles. The Balaban J connectivity index is 4.21. The molecule has 8 nitrogen and oxygen atoms in total. The lowest BCUT2D eigenvalue weighted by Crippen LogP contribution is -2.46. The molecule has 9 heteroatoms. The minimum absolute atomic E-state index is 0.0701. The van der Waals surface area contributed by atoms with Crippen molar-refractivity contribution >= 4 is 13.7 Å². The summed E-state index contributed by atoms with van der Waals surface area (Å²) >= 11 is 0. The summed E-state index contributed by atoms with van der Waals surface area (Å²) < 4.78 is 23.8. The number of aliphatic hydroxyl groups is 1. The van der Waals surface area contributed by atoms with E-state index in [1.165, 1.54) is 148 Å². The van der Waals surface area contributed by atoms with Crippen molar-refractivity contribution in [1.82, 2.24) is 5.32 Å². The molecule has 3 atom stereocenters. The van der Waals surface area contributed by atoms with E-state index in [-0.39, 0.29) is 19.1 Å². The van der Waals surface area contributed by atoms with Crippen LogP contribution in [-0.2, 0) is 18.4 Å². The standard InChI is InChI=1S/C61H113N2O6P/c1-6-8-10-12-14-16-18-20-22-24-26-28-29-30-31-32-33-35-37-39-41-43-45-47-49-51-53-55-61(65)62-59(58-69-70(66,67)68-57-56-63(3,4)5)60(64)54-52-50-48-46-44-42-40-38-36-34-27-25-23-21-19-17-15-13-11-9-7-2/h8,10,14,16,20,22,26,28,30-31,33,35,59-60,64H,6-7,9,11-13,15,17-19,21,23-25,27,29,32,34,36-58H2,1-5H3,(H-,62,65,66,67)/p+1/b10-8-,16-14-,22-20-,28-26-,31-30-,35-33-. The van der Waals surface area contributed by atoms with Gasteiger partial charge in [-0.3, -0.25) is 13.8 Å². The summed E-state index contributed by atoms with van der Waals surface area (Å²) in [6.45, 7) is 4.79. The van der Waals surface area contributed by atoms with Crippen molar-refractivity contribution < 1.29 is 32.9 Å². The van der Waals surface area contributed by atoms with Crippen molar-refractivity contribution in [1.29, 1.82) is 0 Å². The van der Waals surface area contributed by atoms with Gasteiger partial charge in [0, 0.05) is 6.42 Å². The number of hydrogen-bond acceptors (Lipinski definition) is 5. The monoisotopic (exact) mass is 1000 g/mol. The van der Waals surface area contributed by atoms with Crippen LogP contribution in [0.2, 0.25) is 0 Å². The normalized spacial score (nSPS) is 14.4. The van der Waals surface area contributed by atoms with Crippen LogP contribution >= 0.6 is 7.82 Å². The molecule has 0 aromatic rings. The highest BCUT2D eigenvalue weighted by Gasteiger charge is 2.28. The van der Waals surface area contributed by atoms with Crippen LogP contribution in [-0.4, -0.2) is 73.4 Å². The van der Waals surface area contributed by atoms with Gasteiger partial charge in [0.2, 0.25) is 5.91 Å². The minimum atomic E-state index is -4.33. The highest BCUT2D eigenvalue weighted by molar-refractivity contribution is 7.47. The number of nitrogens with one attached hydrogen (secondary N) is 1. The van der Waals surface area contributed by atoms with Crippen molar-refractivity contribution in [3.05, 3.63) is 72.9 Å². The van der Waals surface area contributed by atoms with E-state index in [4.69, 9.17) is 9.05 Å². The number of nitrogens with zero attached hydrogens (tertiary/aromatic N) is 1. The van der Waals surface area contributed by atoms with Crippen molar-refractivity contribution in [2.24, 2.45) is 0 Å². The second kappa shape index (κ2) is 51.8. The lowest BCUT2D eigenvalue weighted by atomic mass is 10.0. The number of hydrogen-bond donors (Lipinski definition) is 3. The molecule has 0 fully saturated rings. The molecule has 0 aromatic carbocycles. The number of rotatable bonds is 53. The Bertz CT molecular complexity index is 1370. The van der Waals surface area contributed by atoms with Gasteiger partial charge in [-0.15, -0.1) is 0 Å². The van der Waals surface area contributed by atoms with Crippen LogP contribution in [0, 0.1) is 0 Å². The highest BCUT2D eigenvalue weighted by Crippen LogP contribution is 2.43. The van der Waals surface area contributed by atoms with E-state index in [1.807, 2.05) is 21.1 Å². The van der Waals surface area contributed by atoms with Gasteiger partial charge >= 0.3 is 7.82 Å². The van der Waals surface area contributed by atoms with E-state index in [0.29, 0.717) is 23.9 Å². The first kappa shape index (κ1) is 67.9. The van der Waals surface area contributed by atoms with Crippen LogP contribution in [0.25, 0.3) is 0 Å². The lowest BCUT2D eigenvalue weighted by molar-refractivity contribution is -0.870. The third kappa shape index (κ3) is 53.7. The molecule has 0 heterocycles. The molecule has 0 aromatic heterocycles. The number of carbonyl (C=O) groups excluding carboxylic acids is 1. The second-order valence-corrected chi connectivity index (χ2v) is 22.4. The molecule has 3 N–H and O–H groups in total. The number of unbranched alkanes of at least 4 members (excludes halogenated alkanes) is 28. The number of aliphatic hydroxyl groups excluding tert-OH is 1. The van der Waals surface area contributed by atoms with Crippen LogP contribution < -0.4 is 5.32 Å². The Morgan fingerprint density at radius 2 is 0.857 bits per heavy atom. The van der Waals surface area contributed by atoms with Gasteiger partial charge in [-0.05, 0) is 64.2 Å². The zero-order valence-electron chi connectivity index (χ0n) is 46.5. The van der Waals surface area contributed by atoms with Crippen LogP contribution in [0.15, 0.2) is 72.9 Å². The van der Waals surface area contributed by atoms with Crippen LogP contribution in [0.5, 0.6) is 0 Å². The summed E-state index contributed by atoms with van der Waals surface area (Å²) in [6.07, 6.45) is 70.9. The van der Waals surface area contributed by atoms with Gasteiger partial charge in [0.25, 0.3) is 0 Å². The number of allylic oxidation sites excluding steroid dienone is 12. The van der Waals surface area contributed by atoms with Crippen molar-refractivity contribution in [2.75, 3.05) is 40.9 Å². The molecule has 0 saturated heterocycles. The SMILES string of the molecule is CC/C=C\C/C=C\C/C=C\C/C=C\C/C=C\C/C=C\CCCCCCCCCCC(=O)NC(COP(=O)(O)OCC[N+](C)(C)C)C(O)CCCCCCCCCCCCCCCCCCCCCCC. The van der Waals surface area contributed by atoms with Gasteiger partial charge in [-0.25, -0.2) is 4.57 Å². The molecule has 0 rings (SSSR count). The first-order valence-electron chi connectivity index (χ1n) is 29.3. The van der Waals surface area contributed by atoms with Gasteiger partial charge in [-0.2, -0.15) is 0 Å². The maximum absolute atomic E-state index is 13.0. The van der Waals surface area contributed by atoms with Gasteiger partial charge in [0.05, 0.1) is 39.9 Å². The smallest absolute Gasteiger partial charge is 0.391 e. The molecule has 1 amide bonds. The third-order valence-electron chi connectivity index (χ3n) is 13.0. The van der Waals surface area contributed by atoms with Gasteiger partial charge in [0.1, 0.15) is 13.2 Å². The largest absolute Gasteiger partial charge is 0.472 e. The molecule has 0 aliphatic carbocycles. The van der Waals surface area contributed by atoms with Crippen LogP contribution in [0.4, 0.5) is 0 Å². The first-order valence-corrected chi connectivity index (χ1v) is 30.8. The Labute approximate surface area is 434 Å². The Hall–Kier alpha value is -2.06. The summed E-state index contributed by atoms with van der Waals surface area (Å²) in [5.74, 6) is -0.153. The Morgan fingerprint density at radius 1 is 0.500 bits per heavy atom. The molecular weight excluding hydrogens is 888 g/mol. The fourth-order valence-corrected chi connectivity index (χ4v) is 9.14.